The minimum Gasteiger partial charge on any atom is -0.263 e. The summed E-state index contributed by atoms with van der Waals surface area (Å²) in [6, 6.07) is 0. The first kappa shape index (κ1) is 4.72. The SMILES string of the molecule is BSOS. The van der Waals surface area contributed by atoms with Crippen molar-refractivity contribution in [1.82, 2.24) is 0 Å². The van der Waals surface area contributed by atoms with Gasteiger partial charge in [-0.25, -0.2) is 0 Å². The van der Waals surface area contributed by atoms with Gasteiger partial charge in [-0.15, -0.1) is 0 Å². The van der Waals surface area contributed by atoms with Crippen molar-refractivity contribution in [2.45, 2.75) is 0 Å². The van der Waals surface area contributed by atoms with Gasteiger partial charge in [-0.3, -0.25) is 3.63 Å². The van der Waals surface area contributed by atoms with E-state index >= 15 is 0 Å². The summed E-state index contributed by atoms with van der Waals surface area (Å²) in [5.74, 6) is 0. The molecule has 0 aliphatic heterocycles. The maximum absolute atomic E-state index is 4.15. The second kappa shape index (κ2) is 3.72. The fraction of sp³-hybridized carbons (Fsp3) is 0. The Kier molecular flexibility index (Phi) is 4.40. The monoisotopic (exact) mass is 94.0 g/mol. The van der Waals surface area contributed by atoms with Gasteiger partial charge in [0, 0.05) is 0 Å². The molecule has 1 nitrogen and oxygen atoms in total. The first-order valence-electron chi connectivity index (χ1n) is 0.757. The fourth-order valence-electron chi connectivity index (χ4n) is 0. The lowest BCUT2D eigenvalue weighted by Crippen LogP contribution is -1.43. The summed E-state index contributed by atoms with van der Waals surface area (Å²) in [6.07, 6.45) is 0. The van der Waals surface area contributed by atoms with Gasteiger partial charge in [-0.05, 0) is 12.9 Å². The summed E-state index contributed by atoms with van der Waals surface area (Å²) in [6.45, 7) is 0. The summed E-state index contributed by atoms with van der Waals surface area (Å²) in [5.41, 5.74) is 0. The van der Waals surface area contributed by atoms with Crippen molar-refractivity contribution < 1.29 is 3.63 Å². The molecule has 0 amide bonds. The lowest BCUT2D eigenvalue weighted by molar-refractivity contribution is 0.787. The van der Waals surface area contributed by atoms with Gasteiger partial charge in [-0.2, -0.15) is 0 Å². The van der Waals surface area contributed by atoms with Crippen LogP contribution < -0.4 is 0 Å². The van der Waals surface area contributed by atoms with E-state index in [-0.39, 0.29) is 0 Å². The summed E-state index contributed by atoms with van der Waals surface area (Å²) in [7, 11) is 1.80. The molecule has 24 valence electrons. The number of rotatable bonds is 1. The van der Waals surface area contributed by atoms with Crippen molar-refractivity contribution in [1.29, 1.82) is 0 Å². The van der Waals surface area contributed by atoms with Crippen LogP contribution in [0.25, 0.3) is 0 Å². The van der Waals surface area contributed by atoms with Crippen molar-refractivity contribution in [3.05, 3.63) is 0 Å². The van der Waals surface area contributed by atoms with Gasteiger partial charge >= 0.3 is 0 Å². The second-order valence-corrected chi connectivity index (χ2v) is 1.17. The van der Waals surface area contributed by atoms with Gasteiger partial charge in [-0.1, -0.05) is 11.9 Å². The van der Waals surface area contributed by atoms with Crippen LogP contribution in [0.4, 0.5) is 0 Å². The van der Waals surface area contributed by atoms with E-state index < -0.39 is 0 Å². The standard InChI is InChI=1S/BH3OS2/c1-4-2-3/h3H,1H2. The average molecular weight is 94.0 g/mol. The molecule has 4 heavy (non-hydrogen) atoms. The van der Waals surface area contributed by atoms with E-state index in [2.05, 4.69) is 16.5 Å². The molecule has 0 spiro atoms. The van der Waals surface area contributed by atoms with Gasteiger partial charge in [0.15, 0.2) is 0 Å². The highest BCUT2D eigenvalue weighted by atomic mass is 32.2. The van der Waals surface area contributed by atoms with Crippen LogP contribution in [0.2, 0.25) is 0 Å². The normalized spacial score (nSPS) is 7.25. The van der Waals surface area contributed by atoms with Crippen LogP contribution >= 0.6 is 24.8 Å². The molecule has 0 aromatic heterocycles. The summed E-state index contributed by atoms with van der Waals surface area (Å²) in [4.78, 5) is 0. The molecule has 0 aliphatic rings. The van der Waals surface area contributed by atoms with Crippen molar-refractivity contribution in [2.75, 3.05) is 0 Å². The summed E-state index contributed by atoms with van der Waals surface area (Å²) >= 11 is 4.60. The van der Waals surface area contributed by atoms with Crippen LogP contribution in [0.5, 0.6) is 0 Å². The maximum atomic E-state index is 4.15. The molecule has 0 bridgehead atoms. The van der Waals surface area contributed by atoms with Gasteiger partial charge in [0.05, 0.1) is 0 Å². The zero-order valence-electron chi connectivity index (χ0n) is 2.26. The predicted octanol–water partition coefficient (Wildman–Crippen LogP) is 0.0441. The summed E-state index contributed by atoms with van der Waals surface area (Å²) in [5, 5.41) is 0. The van der Waals surface area contributed by atoms with Crippen molar-refractivity contribution in [3.63, 3.8) is 0 Å². The van der Waals surface area contributed by atoms with Crippen LogP contribution in [0.1, 0.15) is 0 Å². The van der Waals surface area contributed by atoms with E-state index in [0.29, 0.717) is 0 Å². The quantitative estimate of drug-likeness (QED) is 0.279. The number of hydrogen-bond acceptors (Lipinski definition) is 3. The Morgan fingerprint density at radius 3 is 2.25 bits per heavy atom. The van der Waals surface area contributed by atoms with Gasteiger partial charge in [0.2, 0.25) is 7.12 Å². The van der Waals surface area contributed by atoms with Gasteiger partial charge < -0.3 is 0 Å². The highest BCUT2D eigenvalue weighted by molar-refractivity contribution is 8.19. The Morgan fingerprint density at radius 1 is 2.00 bits per heavy atom. The molecule has 0 radical (unpaired) electrons. The Balaban J connectivity index is 1.97. The smallest absolute Gasteiger partial charge is 0.212 e. The highest BCUT2D eigenvalue weighted by Crippen LogP contribution is 1.92. The largest absolute Gasteiger partial charge is 0.263 e. The maximum Gasteiger partial charge on any atom is 0.212 e. The molecule has 4 heteroatoms. The molecular weight excluding hydrogens is 90.9 g/mol. The Labute approximate surface area is 36.2 Å². The Bertz CT molecular complexity index is 8.00. The molecule has 0 aromatic rings. The van der Waals surface area contributed by atoms with E-state index in [4.69, 9.17) is 0 Å². The molecule has 0 atom stereocenters. The van der Waals surface area contributed by atoms with Crippen LogP contribution in [0, 0.1) is 0 Å². The molecule has 0 N–H and O–H groups in total. The number of hydrogen-bond donors (Lipinski definition) is 1. The first-order valence-corrected chi connectivity index (χ1v) is 2.27. The van der Waals surface area contributed by atoms with Crippen LogP contribution in [0.15, 0.2) is 0 Å². The zero-order valence-corrected chi connectivity index (χ0v) is 3.97. The molecular formula is H3BOS2. The zero-order chi connectivity index (χ0) is 3.41. The first-order chi connectivity index (χ1) is 1.91. The van der Waals surface area contributed by atoms with Crippen LogP contribution in [-0.2, 0) is 3.63 Å². The molecule has 0 rings (SSSR count). The molecule has 0 saturated heterocycles. The highest BCUT2D eigenvalue weighted by Gasteiger charge is 1.55. The van der Waals surface area contributed by atoms with Crippen molar-refractivity contribution >= 4 is 31.9 Å². The molecule has 0 saturated carbocycles. The fourth-order valence-corrected chi connectivity index (χ4v) is 0. The Hall–Kier alpha value is 0.725. The van der Waals surface area contributed by atoms with E-state index in [0.717, 1.165) is 0 Å². The number of thiol groups is 1. The van der Waals surface area contributed by atoms with Gasteiger partial charge in [0.1, 0.15) is 0 Å². The Morgan fingerprint density at radius 2 is 2.25 bits per heavy atom. The molecule has 0 unspecified atom stereocenters. The van der Waals surface area contributed by atoms with E-state index in [1.54, 1.807) is 7.12 Å². The molecule has 0 aromatic carbocycles. The molecule has 0 fully saturated rings. The summed E-state index contributed by atoms with van der Waals surface area (Å²) < 4.78 is 4.15. The third-order valence-electron chi connectivity index (χ3n) is 0.0745. The van der Waals surface area contributed by atoms with Crippen LogP contribution in [-0.4, -0.2) is 7.12 Å². The lowest BCUT2D eigenvalue weighted by Gasteiger charge is -1.72. The van der Waals surface area contributed by atoms with E-state index in [1.165, 1.54) is 11.9 Å². The van der Waals surface area contributed by atoms with Crippen LogP contribution in [0.3, 0.4) is 0 Å². The minimum absolute atomic E-state index is 1.22. The third kappa shape index (κ3) is 2.72. The van der Waals surface area contributed by atoms with Crippen molar-refractivity contribution in [2.24, 2.45) is 0 Å². The second-order valence-electron chi connectivity index (χ2n) is 0.241. The van der Waals surface area contributed by atoms with Crippen molar-refractivity contribution in [3.8, 4) is 0 Å². The van der Waals surface area contributed by atoms with E-state index in [9.17, 15) is 0 Å². The third-order valence-corrected chi connectivity index (χ3v) is 0.671. The lowest BCUT2D eigenvalue weighted by atomic mass is 10.8. The average Bonchev–Trinajstić information content (AvgIpc) is 1.37. The van der Waals surface area contributed by atoms with Gasteiger partial charge in [0.25, 0.3) is 0 Å². The van der Waals surface area contributed by atoms with E-state index in [1.807, 2.05) is 0 Å². The molecule has 0 heterocycles. The molecule has 0 aliphatic carbocycles. The minimum atomic E-state index is 1.22. The topological polar surface area (TPSA) is 9.23 Å². The predicted molar refractivity (Wildman–Crippen MR) is 26.2 cm³/mol.